The second-order valence-corrected chi connectivity index (χ2v) is 7.44. The zero-order valence-corrected chi connectivity index (χ0v) is 17.5. The van der Waals surface area contributed by atoms with Crippen LogP contribution in [-0.4, -0.2) is 22.2 Å². The molecular formula is C21H41LiO4. The fourth-order valence-corrected chi connectivity index (χ4v) is 3.41. The quantitative estimate of drug-likeness (QED) is 0.222. The van der Waals surface area contributed by atoms with Gasteiger partial charge in [0.1, 0.15) is 0 Å². The molecule has 0 aliphatic carbocycles. The molecule has 5 heteroatoms. The maximum Gasteiger partial charge on any atom is 1.00 e. The van der Waals surface area contributed by atoms with Gasteiger partial charge in [0.25, 0.3) is 0 Å². The Morgan fingerprint density at radius 2 is 0.885 bits per heavy atom. The van der Waals surface area contributed by atoms with E-state index in [1.807, 2.05) is 0 Å². The van der Waals surface area contributed by atoms with Crippen LogP contribution in [0.5, 0.6) is 0 Å². The van der Waals surface area contributed by atoms with Gasteiger partial charge in [0, 0.05) is 0 Å². The van der Waals surface area contributed by atoms with Crippen LogP contribution in [0.3, 0.4) is 0 Å². The molecular weight excluding hydrogens is 323 g/mol. The van der Waals surface area contributed by atoms with E-state index in [1.54, 1.807) is 0 Å². The molecule has 4 nitrogen and oxygen atoms in total. The van der Waals surface area contributed by atoms with Crippen molar-refractivity contribution in [3.05, 3.63) is 0 Å². The zero-order chi connectivity index (χ0) is 19.0. The Hall–Kier alpha value is -0.463. The van der Waals surface area contributed by atoms with Crippen LogP contribution in [0.25, 0.3) is 0 Å². The average molecular weight is 364 g/mol. The summed E-state index contributed by atoms with van der Waals surface area (Å²) in [5.41, 5.74) is -1.58. The Bertz CT molecular complexity index is 350. The van der Waals surface area contributed by atoms with Crippen LogP contribution in [0.1, 0.15) is 118 Å². The van der Waals surface area contributed by atoms with Gasteiger partial charge in [-0.1, -0.05) is 104 Å². The summed E-state index contributed by atoms with van der Waals surface area (Å²) in [6, 6.07) is 0. The van der Waals surface area contributed by atoms with Gasteiger partial charge in [0.05, 0.1) is 0 Å². The summed E-state index contributed by atoms with van der Waals surface area (Å²) < 4.78 is 0. The summed E-state index contributed by atoms with van der Waals surface area (Å²) in [4.78, 5) is 23.3. The van der Waals surface area contributed by atoms with Crippen LogP contribution in [0.15, 0.2) is 0 Å². The van der Waals surface area contributed by atoms with Gasteiger partial charge in [0.2, 0.25) is 0 Å². The molecule has 0 aromatic heterocycles. The van der Waals surface area contributed by atoms with Gasteiger partial charge >= 0.3 is 30.8 Å². The predicted molar refractivity (Wildman–Crippen MR) is 104 cm³/mol. The van der Waals surface area contributed by atoms with Gasteiger partial charge in [-0.15, -0.1) is 0 Å². The molecule has 2 N–H and O–H groups in total. The van der Waals surface area contributed by atoms with Crippen LogP contribution in [0.2, 0.25) is 0 Å². The Kier molecular flexibility index (Phi) is 19.1. The van der Waals surface area contributed by atoms with Gasteiger partial charge in [0.15, 0.2) is 5.41 Å². The molecule has 0 aromatic rings. The normalized spacial score (nSPS) is 11.2. The van der Waals surface area contributed by atoms with Crippen molar-refractivity contribution >= 4 is 11.9 Å². The molecule has 0 aliphatic heterocycles. The van der Waals surface area contributed by atoms with Crippen molar-refractivity contribution in [2.45, 2.75) is 117 Å². The Morgan fingerprint density at radius 3 is 1.19 bits per heavy atom. The summed E-state index contributed by atoms with van der Waals surface area (Å²) >= 11 is 0. The number of unbranched alkanes of at least 4 members (excludes halogenated alkanes) is 12. The monoisotopic (exact) mass is 364 g/mol. The zero-order valence-electron chi connectivity index (χ0n) is 18.5. The second-order valence-electron chi connectivity index (χ2n) is 7.44. The van der Waals surface area contributed by atoms with E-state index in [4.69, 9.17) is 0 Å². The molecule has 0 saturated carbocycles. The van der Waals surface area contributed by atoms with Crippen LogP contribution in [-0.2, 0) is 9.59 Å². The number of hydrogen-bond donors (Lipinski definition) is 2. The maximum absolute atomic E-state index is 11.6. The molecule has 0 aromatic carbocycles. The predicted octanol–water partition coefficient (Wildman–Crippen LogP) is 3.54. The SMILES string of the molecule is CCCCCCCCCCCCC(CCCCCC)(C(=O)O)C(=O)O.[H-].[Li+]. The first kappa shape index (κ1) is 27.8. The van der Waals surface area contributed by atoms with Gasteiger partial charge in [-0.3, -0.25) is 9.59 Å². The van der Waals surface area contributed by atoms with E-state index >= 15 is 0 Å². The number of carboxylic acids is 2. The van der Waals surface area contributed by atoms with Gasteiger partial charge < -0.3 is 11.6 Å². The standard InChI is InChI=1S/C21H40O4.Li.H/c1-3-5-7-9-10-11-12-13-14-16-18-21(19(22)23,20(24)25)17-15-8-6-4-2;;/h3-18H2,1-2H3,(H,22,23)(H,24,25);;/q;+1;-1. The first-order valence-electron chi connectivity index (χ1n) is 10.5. The third-order valence-corrected chi connectivity index (χ3v) is 5.23. The smallest absolute Gasteiger partial charge is 1.00 e. The second kappa shape index (κ2) is 17.9. The molecule has 0 saturated heterocycles. The number of carboxylic acid groups (broad SMARTS) is 2. The minimum absolute atomic E-state index is 0. The van der Waals surface area contributed by atoms with Crippen molar-refractivity contribution < 1.29 is 40.1 Å². The number of rotatable bonds is 18. The van der Waals surface area contributed by atoms with Crippen molar-refractivity contribution in [1.29, 1.82) is 0 Å². The first-order valence-corrected chi connectivity index (χ1v) is 10.5. The van der Waals surface area contributed by atoms with E-state index < -0.39 is 17.4 Å². The fraction of sp³-hybridized carbons (Fsp3) is 0.905. The van der Waals surface area contributed by atoms with Crippen molar-refractivity contribution in [1.82, 2.24) is 0 Å². The number of hydrogen-bond acceptors (Lipinski definition) is 2. The molecule has 0 unspecified atom stereocenters. The molecule has 0 heterocycles. The molecule has 0 bridgehead atoms. The minimum Gasteiger partial charge on any atom is -1.00 e. The van der Waals surface area contributed by atoms with Crippen molar-refractivity contribution in [3.63, 3.8) is 0 Å². The van der Waals surface area contributed by atoms with Crippen LogP contribution < -0.4 is 18.9 Å². The van der Waals surface area contributed by atoms with E-state index in [-0.39, 0.29) is 33.1 Å². The maximum atomic E-state index is 11.6. The summed E-state index contributed by atoms with van der Waals surface area (Å²) in [5, 5.41) is 19.0. The van der Waals surface area contributed by atoms with E-state index in [1.165, 1.54) is 44.9 Å². The fourth-order valence-electron chi connectivity index (χ4n) is 3.41. The summed E-state index contributed by atoms with van der Waals surface area (Å²) in [6.07, 6.45) is 15.9. The molecule has 0 fully saturated rings. The third kappa shape index (κ3) is 12.0. The van der Waals surface area contributed by atoms with Gasteiger partial charge in [-0.25, -0.2) is 0 Å². The molecule has 26 heavy (non-hydrogen) atoms. The van der Waals surface area contributed by atoms with Crippen LogP contribution >= 0.6 is 0 Å². The molecule has 0 amide bonds. The molecule has 0 atom stereocenters. The van der Waals surface area contributed by atoms with Crippen LogP contribution in [0.4, 0.5) is 0 Å². The van der Waals surface area contributed by atoms with E-state index in [9.17, 15) is 19.8 Å². The van der Waals surface area contributed by atoms with E-state index in [0.717, 1.165) is 32.1 Å². The van der Waals surface area contributed by atoms with Crippen molar-refractivity contribution in [3.8, 4) is 0 Å². The average Bonchev–Trinajstić information content (AvgIpc) is 2.57. The summed E-state index contributed by atoms with van der Waals surface area (Å²) in [5.74, 6) is -2.32. The topological polar surface area (TPSA) is 74.6 Å². The number of carbonyl (C=O) groups is 2. The molecule has 0 spiro atoms. The van der Waals surface area contributed by atoms with E-state index in [0.29, 0.717) is 12.8 Å². The van der Waals surface area contributed by atoms with E-state index in [2.05, 4.69) is 13.8 Å². The molecule has 0 aliphatic rings. The Morgan fingerprint density at radius 1 is 0.615 bits per heavy atom. The largest absolute Gasteiger partial charge is 1.00 e. The third-order valence-electron chi connectivity index (χ3n) is 5.23. The van der Waals surface area contributed by atoms with Crippen molar-refractivity contribution in [2.75, 3.05) is 0 Å². The Labute approximate surface area is 174 Å². The molecule has 150 valence electrons. The number of aliphatic carboxylic acids is 2. The molecule has 0 rings (SSSR count). The van der Waals surface area contributed by atoms with Gasteiger partial charge in [-0.05, 0) is 12.8 Å². The van der Waals surface area contributed by atoms with Crippen LogP contribution in [0, 0.1) is 5.41 Å². The Balaban J connectivity index is -0.00000288. The molecule has 0 radical (unpaired) electrons. The summed E-state index contributed by atoms with van der Waals surface area (Å²) in [7, 11) is 0. The first-order chi connectivity index (χ1) is 12.0. The summed E-state index contributed by atoms with van der Waals surface area (Å²) in [6.45, 7) is 4.31. The van der Waals surface area contributed by atoms with Crippen molar-refractivity contribution in [2.24, 2.45) is 5.41 Å². The minimum atomic E-state index is -1.58. The van der Waals surface area contributed by atoms with Gasteiger partial charge in [-0.2, -0.15) is 0 Å².